The number of thioether (sulfide) groups is 1. The SMILES string of the molecule is CCOc1ccc(COC(=O)[C@H](CSC(c2ccccc2)(c2ccccc2)c2ccccc2)NC(=O)OCC2c3ccccc3-c3ccccc32)cc1. The number of carbonyl (C=O) groups is 2. The summed E-state index contributed by atoms with van der Waals surface area (Å²) in [5.74, 6) is 0.274. The molecule has 6 nitrogen and oxygen atoms in total. The average Bonchev–Trinajstić information content (AvgIpc) is 3.54. The molecule has 0 spiro atoms. The van der Waals surface area contributed by atoms with E-state index < -0.39 is 22.9 Å². The molecule has 0 aliphatic heterocycles. The minimum Gasteiger partial charge on any atom is -0.494 e. The number of amides is 1. The molecule has 53 heavy (non-hydrogen) atoms. The van der Waals surface area contributed by atoms with Gasteiger partial charge in [-0.15, -0.1) is 11.8 Å². The van der Waals surface area contributed by atoms with Crippen LogP contribution in [0.15, 0.2) is 164 Å². The van der Waals surface area contributed by atoms with Gasteiger partial charge in [0, 0.05) is 11.7 Å². The number of fused-ring (bicyclic) bond motifs is 3. The molecule has 0 unspecified atom stereocenters. The van der Waals surface area contributed by atoms with E-state index in [1.807, 2.05) is 110 Å². The van der Waals surface area contributed by atoms with Crippen molar-refractivity contribution >= 4 is 23.8 Å². The normalized spacial score (nSPS) is 12.6. The molecule has 1 aliphatic carbocycles. The monoisotopic (exact) mass is 719 g/mol. The summed E-state index contributed by atoms with van der Waals surface area (Å²) in [5.41, 5.74) is 8.46. The Morgan fingerprint density at radius 1 is 0.642 bits per heavy atom. The number of carbonyl (C=O) groups excluding carboxylic acids is 2. The van der Waals surface area contributed by atoms with Crippen molar-refractivity contribution in [3.8, 4) is 16.9 Å². The molecule has 1 N–H and O–H groups in total. The quantitative estimate of drug-likeness (QED) is 0.0893. The van der Waals surface area contributed by atoms with Gasteiger partial charge in [0.25, 0.3) is 0 Å². The highest BCUT2D eigenvalue weighted by molar-refractivity contribution is 8.00. The van der Waals surface area contributed by atoms with E-state index in [0.29, 0.717) is 6.61 Å². The molecule has 1 aliphatic rings. The van der Waals surface area contributed by atoms with Crippen molar-refractivity contribution in [2.45, 2.75) is 30.2 Å². The predicted molar refractivity (Wildman–Crippen MR) is 211 cm³/mol. The number of alkyl carbamates (subject to hydrolysis) is 1. The zero-order valence-corrected chi connectivity index (χ0v) is 30.3. The fraction of sp³-hybridized carbons (Fsp3) is 0.174. The first kappa shape index (κ1) is 35.6. The van der Waals surface area contributed by atoms with E-state index in [1.165, 1.54) is 0 Å². The second-order valence-electron chi connectivity index (χ2n) is 12.8. The Balaban J connectivity index is 1.16. The van der Waals surface area contributed by atoms with Gasteiger partial charge in [0.2, 0.25) is 0 Å². The molecule has 266 valence electrons. The molecule has 1 amide bonds. The molecular weight excluding hydrogens is 679 g/mol. The number of benzene rings is 6. The Kier molecular flexibility index (Phi) is 11.2. The van der Waals surface area contributed by atoms with Gasteiger partial charge in [-0.05, 0) is 63.6 Å². The van der Waals surface area contributed by atoms with E-state index in [4.69, 9.17) is 14.2 Å². The van der Waals surface area contributed by atoms with Gasteiger partial charge in [0.05, 0.1) is 11.4 Å². The lowest BCUT2D eigenvalue weighted by Gasteiger charge is -2.36. The maximum atomic E-state index is 14.0. The summed E-state index contributed by atoms with van der Waals surface area (Å²) in [5, 5.41) is 2.90. The van der Waals surface area contributed by atoms with Gasteiger partial charge in [0.15, 0.2) is 0 Å². The third-order valence-corrected chi connectivity index (χ3v) is 11.2. The Morgan fingerprint density at radius 3 is 1.64 bits per heavy atom. The zero-order chi connectivity index (χ0) is 36.5. The Labute approximate surface area is 315 Å². The van der Waals surface area contributed by atoms with Crippen LogP contribution in [0.2, 0.25) is 0 Å². The molecule has 1 atom stereocenters. The third kappa shape index (κ3) is 7.86. The van der Waals surface area contributed by atoms with Gasteiger partial charge < -0.3 is 19.5 Å². The van der Waals surface area contributed by atoms with E-state index in [1.54, 1.807) is 11.8 Å². The number of ether oxygens (including phenoxy) is 3. The molecule has 7 rings (SSSR count). The molecule has 6 aromatic carbocycles. The summed E-state index contributed by atoms with van der Waals surface area (Å²) in [6.07, 6.45) is -0.680. The van der Waals surface area contributed by atoms with Crippen molar-refractivity contribution in [2.24, 2.45) is 0 Å². The van der Waals surface area contributed by atoms with Crippen LogP contribution in [0.25, 0.3) is 11.1 Å². The van der Waals surface area contributed by atoms with Crippen LogP contribution >= 0.6 is 11.8 Å². The van der Waals surface area contributed by atoms with Crippen LogP contribution in [0.4, 0.5) is 4.79 Å². The van der Waals surface area contributed by atoms with Crippen LogP contribution < -0.4 is 10.1 Å². The summed E-state index contributed by atoms with van der Waals surface area (Å²) in [4.78, 5) is 27.7. The van der Waals surface area contributed by atoms with Gasteiger partial charge >= 0.3 is 12.1 Å². The summed E-state index contributed by atoms with van der Waals surface area (Å²) >= 11 is 1.57. The lowest BCUT2D eigenvalue weighted by molar-refractivity contribution is -0.146. The molecule has 0 heterocycles. The number of nitrogens with one attached hydrogen (secondary N) is 1. The average molecular weight is 720 g/mol. The first-order chi connectivity index (χ1) is 26.1. The maximum absolute atomic E-state index is 14.0. The largest absolute Gasteiger partial charge is 0.494 e. The molecule has 0 saturated carbocycles. The van der Waals surface area contributed by atoms with E-state index >= 15 is 0 Å². The number of hydrogen-bond donors (Lipinski definition) is 1. The highest BCUT2D eigenvalue weighted by atomic mass is 32.2. The lowest BCUT2D eigenvalue weighted by Crippen LogP contribution is -2.45. The minimum atomic E-state index is -1.02. The van der Waals surface area contributed by atoms with Crippen molar-refractivity contribution in [3.63, 3.8) is 0 Å². The molecule has 0 saturated heterocycles. The predicted octanol–water partition coefficient (Wildman–Crippen LogP) is 9.76. The van der Waals surface area contributed by atoms with Gasteiger partial charge in [-0.3, -0.25) is 0 Å². The standard InChI is InChI=1S/C46H41NO5S/c1-2-50-37-28-26-33(27-29-37)30-51-44(48)43(47-45(49)52-31-42-40-24-14-12-22-38(40)39-23-13-15-25-41(39)42)32-53-46(34-16-6-3-7-17-34,35-18-8-4-9-19-35)36-20-10-5-11-21-36/h3-29,42-43H,2,30-32H2,1H3,(H,47,49)/t43-/m0/s1. The summed E-state index contributed by atoms with van der Waals surface area (Å²) in [6, 6.07) is 53.5. The zero-order valence-electron chi connectivity index (χ0n) is 29.5. The smallest absolute Gasteiger partial charge is 0.407 e. The topological polar surface area (TPSA) is 73.9 Å². The molecule has 0 radical (unpaired) electrons. The van der Waals surface area contributed by atoms with Crippen molar-refractivity contribution in [1.82, 2.24) is 5.32 Å². The Hall–Kier alpha value is -5.79. The maximum Gasteiger partial charge on any atom is 0.407 e. The summed E-state index contributed by atoms with van der Waals surface area (Å²) in [7, 11) is 0. The van der Waals surface area contributed by atoms with Crippen molar-refractivity contribution in [1.29, 1.82) is 0 Å². The summed E-state index contributed by atoms with van der Waals surface area (Å²) < 4.78 is 16.7. The lowest BCUT2D eigenvalue weighted by atomic mass is 9.84. The van der Waals surface area contributed by atoms with Crippen LogP contribution in [-0.4, -0.2) is 37.1 Å². The second kappa shape index (κ2) is 16.7. The van der Waals surface area contributed by atoms with Crippen LogP contribution in [-0.2, 0) is 25.6 Å². The van der Waals surface area contributed by atoms with Crippen molar-refractivity contribution < 1.29 is 23.8 Å². The first-order valence-corrected chi connectivity index (χ1v) is 18.9. The van der Waals surface area contributed by atoms with Crippen molar-refractivity contribution in [3.05, 3.63) is 197 Å². The van der Waals surface area contributed by atoms with Crippen LogP contribution in [0.3, 0.4) is 0 Å². The number of rotatable bonds is 14. The van der Waals surface area contributed by atoms with Gasteiger partial charge in [-0.25, -0.2) is 9.59 Å². The molecule has 0 fully saturated rings. The van der Waals surface area contributed by atoms with E-state index in [2.05, 4.69) is 66.0 Å². The van der Waals surface area contributed by atoms with Gasteiger partial charge in [0.1, 0.15) is 25.0 Å². The third-order valence-electron chi connectivity index (χ3n) is 9.54. The molecule has 7 heteroatoms. The molecule has 0 bridgehead atoms. The molecule has 0 aromatic heterocycles. The highest BCUT2D eigenvalue weighted by Gasteiger charge is 2.39. The van der Waals surface area contributed by atoms with Crippen molar-refractivity contribution in [2.75, 3.05) is 19.0 Å². The van der Waals surface area contributed by atoms with E-state index in [0.717, 1.165) is 50.3 Å². The highest BCUT2D eigenvalue weighted by Crippen LogP contribution is 2.49. The Bertz CT molecular complexity index is 1980. The fourth-order valence-electron chi connectivity index (χ4n) is 7.03. The first-order valence-electron chi connectivity index (χ1n) is 17.9. The molecular formula is C46H41NO5S. The Morgan fingerprint density at radius 2 is 1.13 bits per heavy atom. The van der Waals surface area contributed by atoms with Crippen LogP contribution in [0, 0.1) is 0 Å². The molecule has 6 aromatic rings. The fourth-order valence-corrected chi connectivity index (χ4v) is 8.58. The van der Waals surface area contributed by atoms with Gasteiger partial charge in [-0.2, -0.15) is 0 Å². The minimum absolute atomic E-state index is 0.0416. The van der Waals surface area contributed by atoms with Crippen LogP contribution in [0.5, 0.6) is 5.75 Å². The van der Waals surface area contributed by atoms with E-state index in [9.17, 15) is 9.59 Å². The van der Waals surface area contributed by atoms with E-state index in [-0.39, 0.29) is 24.9 Å². The number of esters is 1. The number of hydrogen-bond acceptors (Lipinski definition) is 6. The van der Waals surface area contributed by atoms with Gasteiger partial charge in [-0.1, -0.05) is 152 Å². The van der Waals surface area contributed by atoms with Crippen LogP contribution in [0.1, 0.15) is 46.2 Å². The second-order valence-corrected chi connectivity index (χ2v) is 14.0. The summed E-state index contributed by atoms with van der Waals surface area (Å²) in [6.45, 7) is 2.66.